The Morgan fingerprint density at radius 2 is 1.80 bits per heavy atom. The smallest absolute Gasteiger partial charge is 0.408 e. The van der Waals surface area contributed by atoms with E-state index in [1.54, 1.807) is 0 Å². The second-order valence-electron chi connectivity index (χ2n) is 7.32. The molecular formula is C24H29N3O3. The standard InChI is InChI=1S/C24H29N3O3/c1-2-3-9-14-25-23(28)22(15-19-16-26-21-13-8-7-12-20(19)21)27-24(29)30-17-18-10-5-4-6-11-18/h4-8,10-13,16,22,26H,2-3,9,14-15,17H2,1H3,(H,25,28)(H,27,29). The van der Waals surface area contributed by atoms with Gasteiger partial charge in [0.2, 0.25) is 5.91 Å². The number of aromatic amines is 1. The van der Waals surface area contributed by atoms with Crippen molar-refractivity contribution < 1.29 is 14.3 Å². The third-order valence-corrected chi connectivity index (χ3v) is 5.00. The van der Waals surface area contributed by atoms with E-state index in [-0.39, 0.29) is 12.5 Å². The molecule has 0 aliphatic carbocycles. The topological polar surface area (TPSA) is 83.2 Å². The number of para-hydroxylation sites is 1. The van der Waals surface area contributed by atoms with E-state index in [0.717, 1.165) is 41.3 Å². The summed E-state index contributed by atoms with van der Waals surface area (Å²) in [6.45, 7) is 2.87. The van der Waals surface area contributed by atoms with Gasteiger partial charge in [0, 0.05) is 30.1 Å². The molecule has 0 aliphatic rings. The van der Waals surface area contributed by atoms with Gasteiger partial charge in [-0.1, -0.05) is 68.3 Å². The molecule has 6 heteroatoms. The van der Waals surface area contributed by atoms with Crippen molar-refractivity contribution in [1.82, 2.24) is 15.6 Å². The summed E-state index contributed by atoms with van der Waals surface area (Å²) in [6.07, 6.45) is 4.72. The minimum atomic E-state index is -0.714. The fraction of sp³-hybridized carbons (Fsp3) is 0.333. The number of aromatic nitrogens is 1. The molecule has 0 aliphatic heterocycles. The lowest BCUT2D eigenvalue weighted by Gasteiger charge is -2.18. The van der Waals surface area contributed by atoms with Crippen LogP contribution in [0.2, 0.25) is 0 Å². The van der Waals surface area contributed by atoms with E-state index in [1.807, 2.05) is 60.8 Å². The van der Waals surface area contributed by atoms with Crippen molar-refractivity contribution in [3.8, 4) is 0 Å². The highest BCUT2D eigenvalue weighted by Gasteiger charge is 2.23. The molecular weight excluding hydrogens is 378 g/mol. The van der Waals surface area contributed by atoms with Gasteiger partial charge in [0.15, 0.2) is 0 Å². The first-order chi connectivity index (χ1) is 14.7. The molecule has 6 nitrogen and oxygen atoms in total. The first kappa shape index (κ1) is 21.4. The molecule has 0 saturated carbocycles. The molecule has 0 spiro atoms. The summed E-state index contributed by atoms with van der Waals surface area (Å²) in [5.41, 5.74) is 2.87. The van der Waals surface area contributed by atoms with Gasteiger partial charge in [0.1, 0.15) is 12.6 Å². The Morgan fingerprint density at radius 1 is 1.03 bits per heavy atom. The van der Waals surface area contributed by atoms with E-state index in [2.05, 4.69) is 22.5 Å². The van der Waals surface area contributed by atoms with Crippen molar-refractivity contribution in [2.75, 3.05) is 6.54 Å². The van der Waals surface area contributed by atoms with Crippen LogP contribution in [0, 0.1) is 0 Å². The number of H-pyrrole nitrogens is 1. The Labute approximate surface area is 177 Å². The molecule has 0 saturated heterocycles. The van der Waals surface area contributed by atoms with Crippen molar-refractivity contribution >= 4 is 22.9 Å². The average molecular weight is 408 g/mol. The zero-order valence-electron chi connectivity index (χ0n) is 17.3. The van der Waals surface area contributed by atoms with Crippen LogP contribution in [-0.2, 0) is 22.6 Å². The Bertz CT molecular complexity index is 952. The molecule has 1 aromatic heterocycles. The maximum atomic E-state index is 12.8. The largest absolute Gasteiger partial charge is 0.445 e. The molecule has 1 heterocycles. The lowest BCUT2D eigenvalue weighted by molar-refractivity contribution is -0.123. The summed E-state index contributed by atoms with van der Waals surface area (Å²) in [4.78, 5) is 28.4. The summed E-state index contributed by atoms with van der Waals surface area (Å²) >= 11 is 0. The lowest BCUT2D eigenvalue weighted by Crippen LogP contribution is -2.48. The van der Waals surface area contributed by atoms with Gasteiger partial charge in [0.05, 0.1) is 0 Å². The van der Waals surface area contributed by atoms with Crippen LogP contribution >= 0.6 is 0 Å². The van der Waals surface area contributed by atoms with Crippen LogP contribution in [-0.4, -0.2) is 29.6 Å². The molecule has 30 heavy (non-hydrogen) atoms. The van der Waals surface area contributed by atoms with Gasteiger partial charge in [-0.25, -0.2) is 4.79 Å². The van der Waals surface area contributed by atoms with Gasteiger partial charge >= 0.3 is 6.09 Å². The fourth-order valence-electron chi connectivity index (χ4n) is 3.35. The highest BCUT2D eigenvalue weighted by atomic mass is 16.5. The molecule has 0 radical (unpaired) electrons. The number of carbonyl (C=O) groups excluding carboxylic acids is 2. The van der Waals surface area contributed by atoms with Crippen LogP contribution in [0.5, 0.6) is 0 Å². The zero-order chi connectivity index (χ0) is 21.2. The number of unbranched alkanes of at least 4 members (excludes halogenated alkanes) is 2. The van der Waals surface area contributed by atoms with Gasteiger partial charge in [-0.3, -0.25) is 4.79 Å². The van der Waals surface area contributed by atoms with Gasteiger partial charge in [-0.15, -0.1) is 0 Å². The van der Waals surface area contributed by atoms with Crippen LogP contribution in [0.15, 0.2) is 60.8 Å². The summed E-state index contributed by atoms with van der Waals surface area (Å²) in [5, 5.41) is 6.72. The molecule has 2 aromatic carbocycles. The van der Waals surface area contributed by atoms with Crippen LogP contribution in [0.25, 0.3) is 10.9 Å². The number of hydrogen-bond acceptors (Lipinski definition) is 3. The van der Waals surface area contributed by atoms with E-state index in [0.29, 0.717) is 13.0 Å². The van der Waals surface area contributed by atoms with E-state index in [1.165, 1.54) is 0 Å². The predicted molar refractivity (Wildman–Crippen MR) is 118 cm³/mol. The van der Waals surface area contributed by atoms with Gasteiger partial charge in [0.25, 0.3) is 0 Å². The maximum Gasteiger partial charge on any atom is 0.408 e. The van der Waals surface area contributed by atoms with Gasteiger partial charge in [-0.05, 0) is 23.6 Å². The normalized spacial score (nSPS) is 11.8. The number of amides is 2. The minimum absolute atomic E-state index is 0.157. The third kappa shape index (κ3) is 6.11. The third-order valence-electron chi connectivity index (χ3n) is 5.00. The molecule has 0 bridgehead atoms. The molecule has 2 amide bonds. The first-order valence-corrected chi connectivity index (χ1v) is 10.5. The van der Waals surface area contributed by atoms with Crippen molar-refractivity contribution in [2.45, 2.75) is 45.3 Å². The summed E-state index contributed by atoms with van der Waals surface area (Å²) < 4.78 is 5.32. The Balaban J connectivity index is 1.65. The number of rotatable bonds is 10. The molecule has 0 fully saturated rings. The van der Waals surface area contributed by atoms with Crippen LogP contribution < -0.4 is 10.6 Å². The number of alkyl carbamates (subject to hydrolysis) is 1. The molecule has 3 aromatic rings. The van der Waals surface area contributed by atoms with Crippen molar-refractivity contribution in [2.24, 2.45) is 0 Å². The number of fused-ring (bicyclic) bond motifs is 1. The van der Waals surface area contributed by atoms with Gasteiger partial charge < -0.3 is 20.4 Å². The van der Waals surface area contributed by atoms with Crippen LogP contribution in [0.4, 0.5) is 4.79 Å². The summed E-state index contributed by atoms with van der Waals surface area (Å²) in [6, 6.07) is 16.7. The monoisotopic (exact) mass is 407 g/mol. The predicted octanol–water partition coefficient (Wildman–Crippen LogP) is 4.31. The van der Waals surface area contributed by atoms with E-state index in [9.17, 15) is 9.59 Å². The Hall–Kier alpha value is -3.28. The van der Waals surface area contributed by atoms with E-state index >= 15 is 0 Å². The Morgan fingerprint density at radius 3 is 2.60 bits per heavy atom. The second-order valence-corrected chi connectivity index (χ2v) is 7.32. The first-order valence-electron chi connectivity index (χ1n) is 10.5. The molecule has 3 N–H and O–H groups in total. The quantitative estimate of drug-likeness (QED) is 0.438. The molecule has 1 unspecified atom stereocenters. The van der Waals surface area contributed by atoms with Gasteiger partial charge in [-0.2, -0.15) is 0 Å². The fourth-order valence-corrected chi connectivity index (χ4v) is 3.35. The highest BCUT2D eigenvalue weighted by Crippen LogP contribution is 2.19. The number of ether oxygens (including phenoxy) is 1. The SMILES string of the molecule is CCCCCNC(=O)C(Cc1c[nH]c2ccccc12)NC(=O)OCc1ccccc1. The summed E-state index contributed by atoms with van der Waals surface area (Å²) in [7, 11) is 0. The Kier molecular flexibility index (Phi) is 7.89. The van der Waals surface area contributed by atoms with Crippen molar-refractivity contribution in [1.29, 1.82) is 0 Å². The molecule has 1 atom stereocenters. The van der Waals surface area contributed by atoms with E-state index < -0.39 is 12.1 Å². The number of benzene rings is 2. The number of carbonyl (C=O) groups is 2. The average Bonchev–Trinajstić information content (AvgIpc) is 3.18. The minimum Gasteiger partial charge on any atom is -0.445 e. The van der Waals surface area contributed by atoms with E-state index in [4.69, 9.17) is 4.74 Å². The number of nitrogens with one attached hydrogen (secondary N) is 3. The number of hydrogen-bond donors (Lipinski definition) is 3. The van der Waals surface area contributed by atoms with Crippen LogP contribution in [0.3, 0.4) is 0 Å². The highest BCUT2D eigenvalue weighted by molar-refractivity contribution is 5.88. The molecule has 158 valence electrons. The van der Waals surface area contributed by atoms with Crippen molar-refractivity contribution in [3.05, 3.63) is 71.9 Å². The van der Waals surface area contributed by atoms with Crippen LogP contribution in [0.1, 0.15) is 37.3 Å². The zero-order valence-corrected chi connectivity index (χ0v) is 17.3. The molecule has 3 rings (SSSR count). The maximum absolute atomic E-state index is 12.8. The lowest BCUT2D eigenvalue weighted by atomic mass is 10.0. The second kappa shape index (κ2) is 11.0. The van der Waals surface area contributed by atoms with Crippen molar-refractivity contribution in [3.63, 3.8) is 0 Å². The summed E-state index contributed by atoms with van der Waals surface area (Å²) in [5.74, 6) is -0.201.